The number of urea groups is 1. The SMILES string of the molecule is C=CCNC(=O)N1CCCC(CCC(=O)O)C1. The summed E-state index contributed by atoms with van der Waals surface area (Å²) in [6.07, 6.45) is 4.45. The highest BCUT2D eigenvalue weighted by Crippen LogP contribution is 2.20. The average Bonchev–Trinajstić information content (AvgIpc) is 2.33. The molecule has 0 aromatic rings. The van der Waals surface area contributed by atoms with Crippen molar-refractivity contribution in [2.24, 2.45) is 5.92 Å². The summed E-state index contributed by atoms with van der Waals surface area (Å²) < 4.78 is 0. The van der Waals surface area contributed by atoms with Crippen LogP contribution in [0, 0.1) is 5.92 Å². The van der Waals surface area contributed by atoms with Crippen molar-refractivity contribution in [3.05, 3.63) is 12.7 Å². The first kappa shape index (κ1) is 13.5. The largest absolute Gasteiger partial charge is 0.481 e. The average molecular weight is 240 g/mol. The number of hydrogen-bond acceptors (Lipinski definition) is 2. The molecule has 1 heterocycles. The number of nitrogens with one attached hydrogen (secondary N) is 1. The number of aliphatic carboxylic acids is 1. The fourth-order valence-electron chi connectivity index (χ4n) is 2.08. The van der Waals surface area contributed by atoms with E-state index in [0.29, 0.717) is 25.4 Å². The summed E-state index contributed by atoms with van der Waals surface area (Å²) in [6, 6.07) is -0.0788. The molecule has 1 fully saturated rings. The molecule has 96 valence electrons. The van der Waals surface area contributed by atoms with Gasteiger partial charge in [0.05, 0.1) is 0 Å². The van der Waals surface area contributed by atoms with E-state index in [1.807, 2.05) is 0 Å². The van der Waals surface area contributed by atoms with Gasteiger partial charge in [0.2, 0.25) is 0 Å². The molecule has 1 aliphatic heterocycles. The van der Waals surface area contributed by atoms with Gasteiger partial charge in [-0.3, -0.25) is 4.79 Å². The van der Waals surface area contributed by atoms with E-state index in [4.69, 9.17) is 5.11 Å². The molecule has 5 heteroatoms. The van der Waals surface area contributed by atoms with E-state index in [1.165, 1.54) is 0 Å². The Hall–Kier alpha value is -1.52. The molecule has 1 atom stereocenters. The Balaban J connectivity index is 2.34. The zero-order valence-corrected chi connectivity index (χ0v) is 10.0. The molecule has 0 spiro atoms. The molecule has 5 nitrogen and oxygen atoms in total. The molecule has 0 aromatic heterocycles. The Kier molecular flexibility index (Phi) is 5.52. The van der Waals surface area contributed by atoms with E-state index < -0.39 is 5.97 Å². The number of likely N-dealkylation sites (tertiary alicyclic amines) is 1. The molecule has 17 heavy (non-hydrogen) atoms. The second-order valence-corrected chi connectivity index (χ2v) is 4.36. The van der Waals surface area contributed by atoms with Crippen molar-refractivity contribution in [2.45, 2.75) is 25.7 Å². The standard InChI is InChI=1S/C12H20N2O3/c1-2-7-13-12(17)14-8-3-4-10(9-14)5-6-11(15)16/h2,10H,1,3-9H2,(H,13,17)(H,15,16). The van der Waals surface area contributed by atoms with Crippen molar-refractivity contribution in [3.63, 3.8) is 0 Å². The highest BCUT2D eigenvalue weighted by Gasteiger charge is 2.23. The summed E-state index contributed by atoms with van der Waals surface area (Å²) >= 11 is 0. The molecule has 1 saturated heterocycles. The third-order valence-electron chi connectivity index (χ3n) is 2.97. The van der Waals surface area contributed by atoms with Crippen molar-refractivity contribution in [3.8, 4) is 0 Å². The lowest BCUT2D eigenvalue weighted by Crippen LogP contribution is -2.45. The van der Waals surface area contributed by atoms with Gasteiger partial charge in [-0.15, -0.1) is 6.58 Å². The van der Waals surface area contributed by atoms with Crippen LogP contribution in [0.15, 0.2) is 12.7 Å². The van der Waals surface area contributed by atoms with Crippen molar-refractivity contribution in [2.75, 3.05) is 19.6 Å². The summed E-state index contributed by atoms with van der Waals surface area (Å²) in [5.41, 5.74) is 0. The van der Waals surface area contributed by atoms with Crippen LogP contribution in [0.25, 0.3) is 0 Å². The Bertz CT molecular complexity index is 291. The van der Waals surface area contributed by atoms with E-state index in [0.717, 1.165) is 19.4 Å². The van der Waals surface area contributed by atoms with Crippen LogP contribution in [-0.2, 0) is 4.79 Å². The number of piperidine rings is 1. The van der Waals surface area contributed by atoms with Gasteiger partial charge in [-0.1, -0.05) is 6.08 Å². The lowest BCUT2D eigenvalue weighted by atomic mass is 9.93. The number of carbonyl (C=O) groups is 2. The topological polar surface area (TPSA) is 69.6 Å². The van der Waals surface area contributed by atoms with E-state index in [2.05, 4.69) is 11.9 Å². The second-order valence-electron chi connectivity index (χ2n) is 4.36. The number of hydrogen-bond donors (Lipinski definition) is 2. The van der Waals surface area contributed by atoms with E-state index in [9.17, 15) is 9.59 Å². The molecule has 0 saturated carbocycles. The van der Waals surface area contributed by atoms with Crippen molar-refractivity contribution in [1.82, 2.24) is 10.2 Å². The Morgan fingerprint density at radius 3 is 2.94 bits per heavy atom. The van der Waals surface area contributed by atoms with E-state index in [1.54, 1.807) is 11.0 Å². The first-order valence-corrected chi connectivity index (χ1v) is 5.99. The molecule has 0 aromatic carbocycles. The lowest BCUT2D eigenvalue weighted by Gasteiger charge is -2.32. The maximum Gasteiger partial charge on any atom is 0.317 e. The van der Waals surface area contributed by atoms with Crippen LogP contribution in [-0.4, -0.2) is 41.6 Å². The number of amides is 2. The molecule has 1 aliphatic rings. The summed E-state index contributed by atoms with van der Waals surface area (Å²) in [5, 5.41) is 11.4. The maximum absolute atomic E-state index is 11.7. The molecule has 0 bridgehead atoms. The quantitative estimate of drug-likeness (QED) is 0.715. The van der Waals surface area contributed by atoms with Crippen LogP contribution >= 0.6 is 0 Å². The van der Waals surface area contributed by atoms with Crippen LogP contribution in [0.4, 0.5) is 4.79 Å². The van der Waals surface area contributed by atoms with Gasteiger partial charge in [0.1, 0.15) is 0 Å². The van der Waals surface area contributed by atoms with Crippen LogP contribution in [0.3, 0.4) is 0 Å². The minimum Gasteiger partial charge on any atom is -0.481 e. The number of carbonyl (C=O) groups excluding carboxylic acids is 1. The third-order valence-corrected chi connectivity index (χ3v) is 2.97. The van der Waals surface area contributed by atoms with Crippen molar-refractivity contribution >= 4 is 12.0 Å². The zero-order valence-electron chi connectivity index (χ0n) is 10.0. The Morgan fingerprint density at radius 1 is 1.53 bits per heavy atom. The van der Waals surface area contributed by atoms with Gasteiger partial charge in [0.15, 0.2) is 0 Å². The van der Waals surface area contributed by atoms with Gasteiger partial charge < -0.3 is 15.3 Å². The molecule has 0 radical (unpaired) electrons. The minimum atomic E-state index is -0.766. The van der Waals surface area contributed by atoms with Crippen LogP contribution < -0.4 is 5.32 Å². The number of carboxylic acids is 1. The van der Waals surface area contributed by atoms with E-state index >= 15 is 0 Å². The highest BCUT2D eigenvalue weighted by molar-refractivity contribution is 5.74. The molecular weight excluding hydrogens is 220 g/mol. The Labute approximate surface area is 101 Å². The lowest BCUT2D eigenvalue weighted by molar-refractivity contribution is -0.137. The number of nitrogens with zero attached hydrogens (tertiary/aromatic N) is 1. The van der Waals surface area contributed by atoms with Gasteiger partial charge >= 0.3 is 12.0 Å². The smallest absolute Gasteiger partial charge is 0.317 e. The van der Waals surface area contributed by atoms with Crippen molar-refractivity contribution in [1.29, 1.82) is 0 Å². The fraction of sp³-hybridized carbons (Fsp3) is 0.667. The normalized spacial score (nSPS) is 19.8. The molecular formula is C12H20N2O3. The molecule has 2 N–H and O–H groups in total. The number of rotatable bonds is 5. The van der Waals surface area contributed by atoms with Crippen LogP contribution in [0.5, 0.6) is 0 Å². The molecule has 0 aliphatic carbocycles. The van der Waals surface area contributed by atoms with Gasteiger partial charge in [0.25, 0.3) is 0 Å². The number of carboxylic acid groups (broad SMARTS) is 1. The fourth-order valence-corrected chi connectivity index (χ4v) is 2.08. The van der Waals surface area contributed by atoms with Crippen molar-refractivity contribution < 1.29 is 14.7 Å². The Morgan fingerprint density at radius 2 is 2.29 bits per heavy atom. The summed E-state index contributed by atoms with van der Waals surface area (Å²) in [4.78, 5) is 23.9. The van der Waals surface area contributed by atoms with Gasteiger partial charge in [-0.2, -0.15) is 0 Å². The first-order chi connectivity index (χ1) is 8.13. The predicted octanol–water partition coefficient (Wildman–Crippen LogP) is 1.46. The van der Waals surface area contributed by atoms with Gasteiger partial charge in [-0.25, -0.2) is 4.79 Å². The summed E-state index contributed by atoms with van der Waals surface area (Å²) in [6.45, 7) is 5.43. The molecule has 1 unspecified atom stereocenters. The first-order valence-electron chi connectivity index (χ1n) is 5.99. The zero-order chi connectivity index (χ0) is 12.7. The highest BCUT2D eigenvalue weighted by atomic mass is 16.4. The van der Waals surface area contributed by atoms with Gasteiger partial charge in [-0.05, 0) is 25.2 Å². The minimum absolute atomic E-state index is 0.0788. The summed E-state index contributed by atoms with van der Waals surface area (Å²) in [5.74, 6) is -0.451. The third kappa shape index (κ3) is 4.89. The predicted molar refractivity (Wildman–Crippen MR) is 64.8 cm³/mol. The molecule has 1 rings (SSSR count). The monoisotopic (exact) mass is 240 g/mol. The van der Waals surface area contributed by atoms with Gasteiger partial charge in [0, 0.05) is 26.1 Å². The maximum atomic E-state index is 11.7. The van der Waals surface area contributed by atoms with Crippen LogP contribution in [0.1, 0.15) is 25.7 Å². The molecule has 2 amide bonds. The second kappa shape index (κ2) is 6.93. The summed E-state index contributed by atoms with van der Waals surface area (Å²) in [7, 11) is 0. The van der Waals surface area contributed by atoms with Crippen LogP contribution in [0.2, 0.25) is 0 Å². The van der Waals surface area contributed by atoms with E-state index in [-0.39, 0.29) is 12.5 Å².